The molecule has 0 radical (unpaired) electrons. The van der Waals surface area contributed by atoms with Crippen LogP contribution in [0.3, 0.4) is 0 Å². The molecule has 6 heteroatoms. The van der Waals surface area contributed by atoms with Crippen molar-refractivity contribution in [3.63, 3.8) is 0 Å². The van der Waals surface area contributed by atoms with Crippen LogP contribution in [0.25, 0.3) is 0 Å². The lowest BCUT2D eigenvalue weighted by Crippen LogP contribution is -2.30. The van der Waals surface area contributed by atoms with E-state index in [-0.39, 0.29) is 31.6 Å². The van der Waals surface area contributed by atoms with Crippen molar-refractivity contribution in [3.8, 4) is 0 Å². The summed E-state index contributed by atoms with van der Waals surface area (Å²) in [6.45, 7) is 6.13. The Bertz CT molecular complexity index is 1460. The van der Waals surface area contributed by atoms with Gasteiger partial charge in [-0.2, -0.15) is 0 Å². The molecule has 6 nitrogen and oxygen atoms in total. The van der Waals surface area contributed by atoms with Gasteiger partial charge in [-0.3, -0.25) is 14.4 Å². The molecule has 0 saturated carbocycles. The molecule has 0 spiro atoms. The second-order valence-electron chi connectivity index (χ2n) is 15.2. The third-order valence-electron chi connectivity index (χ3n) is 9.35. The Balaban J connectivity index is 4.63. The zero-order valence-electron chi connectivity index (χ0n) is 39.8. The molecule has 63 heavy (non-hydrogen) atoms. The first-order valence-electron chi connectivity index (χ1n) is 24.3. The number of ether oxygens (including phenoxy) is 3. The topological polar surface area (TPSA) is 78.9 Å². The van der Waals surface area contributed by atoms with Gasteiger partial charge in [-0.1, -0.05) is 186 Å². The predicted molar refractivity (Wildman–Crippen MR) is 269 cm³/mol. The molecule has 1 atom stereocenters. The smallest absolute Gasteiger partial charge is 0.310 e. The van der Waals surface area contributed by atoms with Crippen LogP contribution < -0.4 is 0 Å². The predicted octanol–water partition coefficient (Wildman–Crippen LogP) is 16.1. The molecule has 0 aromatic heterocycles. The minimum Gasteiger partial charge on any atom is -0.462 e. The molecule has 0 bridgehead atoms. The first-order valence-corrected chi connectivity index (χ1v) is 24.3. The summed E-state index contributed by atoms with van der Waals surface area (Å²) in [7, 11) is 0. The zero-order chi connectivity index (χ0) is 45.8. The van der Waals surface area contributed by atoms with Crippen LogP contribution in [-0.2, 0) is 28.6 Å². The first kappa shape index (κ1) is 58.3. The lowest BCUT2D eigenvalue weighted by atomic mass is 10.1. The van der Waals surface area contributed by atoms with Gasteiger partial charge < -0.3 is 14.2 Å². The molecule has 0 aromatic rings. The van der Waals surface area contributed by atoms with E-state index in [1.807, 2.05) is 6.08 Å². The van der Waals surface area contributed by atoms with E-state index < -0.39 is 12.1 Å². The number of unbranched alkanes of at least 4 members (excludes halogenated alkanes) is 7. The van der Waals surface area contributed by atoms with E-state index >= 15 is 0 Å². The Labute approximate surface area is 385 Å². The molecule has 0 heterocycles. The summed E-state index contributed by atoms with van der Waals surface area (Å²) in [6.07, 6.45) is 71.4. The number of esters is 3. The lowest BCUT2D eigenvalue weighted by Gasteiger charge is -2.18. The Morgan fingerprint density at radius 2 is 0.619 bits per heavy atom. The van der Waals surface area contributed by atoms with Crippen LogP contribution in [-0.4, -0.2) is 37.2 Å². The van der Waals surface area contributed by atoms with Gasteiger partial charge in [-0.25, -0.2) is 0 Å². The summed E-state index contributed by atoms with van der Waals surface area (Å²) < 4.78 is 16.6. The van der Waals surface area contributed by atoms with E-state index in [1.54, 1.807) is 6.08 Å². The van der Waals surface area contributed by atoms with Crippen LogP contribution in [0.1, 0.15) is 175 Å². The highest BCUT2D eigenvalue weighted by Crippen LogP contribution is 2.10. The molecule has 0 aromatic carbocycles. The minimum atomic E-state index is -0.860. The fraction of sp³-hybridized carbons (Fsp3) is 0.526. The quantitative estimate of drug-likeness (QED) is 0.0264. The van der Waals surface area contributed by atoms with Crippen LogP contribution in [0.15, 0.2) is 146 Å². The van der Waals surface area contributed by atoms with Gasteiger partial charge >= 0.3 is 17.9 Å². The fourth-order valence-corrected chi connectivity index (χ4v) is 5.81. The van der Waals surface area contributed by atoms with Crippen molar-refractivity contribution in [2.45, 2.75) is 181 Å². The Kier molecular flexibility index (Phi) is 46.2. The molecule has 350 valence electrons. The molecular formula is C57H86O6. The third-order valence-corrected chi connectivity index (χ3v) is 9.35. The zero-order valence-corrected chi connectivity index (χ0v) is 39.8. The van der Waals surface area contributed by atoms with Gasteiger partial charge in [0.25, 0.3) is 0 Å². The highest BCUT2D eigenvalue weighted by atomic mass is 16.6. The molecule has 0 saturated heterocycles. The van der Waals surface area contributed by atoms with Crippen LogP contribution in [0, 0.1) is 0 Å². The van der Waals surface area contributed by atoms with Crippen LogP contribution >= 0.6 is 0 Å². The molecule has 0 rings (SSSR count). The van der Waals surface area contributed by atoms with Gasteiger partial charge in [0.2, 0.25) is 0 Å². The summed E-state index contributed by atoms with van der Waals surface area (Å²) in [4.78, 5) is 37.8. The van der Waals surface area contributed by atoms with Crippen molar-refractivity contribution in [2.75, 3.05) is 13.2 Å². The number of carbonyl (C=O) groups excluding carboxylic acids is 3. The lowest BCUT2D eigenvalue weighted by molar-refractivity contribution is -0.166. The van der Waals surface area contributed by atoms with Gasteiger partial charge in [0.05, 0.1) is 6.42 Å². The molecule has 0 aliphatic rings. The maximum absolute atomic E-state index is 12.7. The Morgan fingerprint density at radius 3 is 0.968 bits per heavy atom. The molecule has 0 N–H and O–H groups in total. The monoisotopic (exact) mass is 867 g/mol. The average Bonchev–Trinajstić information content (AvgIpc) is 3.28. The Hall–Kier alpha value is -4.71. The highest BCUT2D eigenvalue weighted by molar-refractivity contribution is 5.72. The summed E-state index contributed by atoms with van der Waals surface area (Å²) in [5, 5.41) is 0. The minimum absolute atomic E-state index is 0.0772. The third kappa shape index (κ3) is 48.2. The van der Waals surface area contributed by atoms with Crippen molar-refractivity contribution >= 4 is 17.9 Å². The second kappa shape index (κ2) is 49.9. The average molecular weight is 867 g/mol. The van der Waals surface area contributed by atoms with E-state index in [0.29, 0.717) is 19.3 Å². The largest absolute Gasteiger partial charge is 0.462 e. The van der Waals surface area contributed by atoms with Gasteiger partial charge in [-0.15, -0.1) is 0 Å². The fourth-order valence-electron chi connectivity index (χ4n) is 5.81. The van der Waals surface area contributed by atoms with E-state index in [0.717, 1.165) is 128 Å². The van der Waals surface area contributed by atoms with Crippen LogP contribution in [0.4, 0.5) is 0 Å². The van der Waals surface area contributed by atoms with Crippen LogP contribution in [0.5, 0.6) is 0 Å². The highest BCUT2D eigenvalue weighted by Gasteiger charge is 2.19. The SMILES string of the molecule is CC/C=C\C/C=C\C/C=C\C/C=C\C/C=C\CC(=O)OC(COC(=O)CCCCC/C=C\C/C=C\C/C=C\CC)COC(=O)CCCCCC/C=C\C/C=C\C/C=C\C/C=C\CC. The first-order chi connectivity index (χ1) is 31.0. The van der Waals surface area contributed by atoms with E-state index in [9.17, 15) is 14.4 Å². The maximum Gasteiger partial charge on any atom is 0.310 e. The maximum atomic E-state index is 12.7. The van der Waals surface area contributed by atoms with Gasteiger partial charge in [0.1, 0.15) is 13.2 Å². The normalized spacial score (nSPS) is 13.4. The Morgan fingerprint density at radius 1 is 0.333 bits per heavy atom. The van der Waals surface area contributed by atoms with E-state index in [1.165, 1.54) is 0 Å². The van der Waals surface area contributed by atoms with Crippen LogP contribution in [0.2, 0.25) is 0 Å². The molecular weight excluding hydrogens is 781 g/mol. The molecule has 1 unspecified atom stereocenters. The molecule has 0 amide bonds. The number of carbonyl (C=O) groups is 3. The van der Waals surface area contributed by atoms with Crippen molar-refractivity contribution in [2.24, 2.45) is 0 Å². The number of rotatable bonds is 41. The van der Waals surface area contributed by atoms with Gasteiger partial charge in [0, 0.05) is 12.8 Å². The summed E-state index contributed by atoms with van der Waals surface area (Å²) in [5.74, 6) is -1.14. The summed E-state index contributed by atoms with van der Waals surface area (Å²) in [5.41, 5.74) is 0. The van der Waals surface area contributed by atoms with Crippen molar-refractivity contribution < 1.29 is 28.6 Å². The second-order valence-corrected chi connectivity index (χ2v) is 15.2. The van der Waals surface area contributed by atoms with Crippen molar-refractivity contribution in [1.82, 2.24) is 0 Å². The molecule has 0 fully saturated rings. The molecule has 0 aliphatic carbocycles. The number of hydrogen-bond acceptors (Lipinski definition) is 6. The number of hydrogen-bond donors (Lipinski definition) is 0. The van der Waals surface area contributed by atoms with Crippen molar-refractivity contribution in [3.05, 3.63) is 146 Å². The van der Waals surface area contributed by atoms with E-state index in [2.05, 4.69) is 154 Å². The van der Waals surface area contributed by atoms with Crippen molar-refractivity contribution in [1.29, 1.82) is 0 Å². The number of allylic oxidation sites excluding steroid dienone is 23. The van der Waals surface area contributed by atoms with Gasteiger partial charge in [0.15, 0.2) is 6.10 Å². The molecule has 0 aliphatic heterocycles. The van der Waals surface area contributed by atoms with Gasteiger partial charge in [-0.05, 0) is 116 Å². The van der Waals surface area contributed by atoms with E-state index in [4.69, 9.17) is 14.2 Å². The summed E-state index contributed by atoms with van der Waals surface area (Å²) >= 11 is 0. The standard InChI is InChI=1S/C57H86O6/c1-4-7-10-13-16-19-22-25-27-28-30-32-35-38-41-44-47-50-56(59)62-53-54(52-61-55(58)49-46-43-40-37-34-31-24-21-18-15-12-9-6-3)63-57(60)51-48-45-42-39-36-33-29-26-23-20-17-14-11-8-5-2/h7-12,16-21,25-27,29-32,34,36,39,45,48,54H,4-6,13-15,22-24,28,33,35,37-38,40-44,46-47,49-53H2,1-3H3/b10-7-,11-8-,12-9-,19-16-,20-17-,21-18-,27-25-,29-26-,32-30-,34-31-,39-36-,48-45-. The summed E-state index contributed by atoms with van der Waals surface area (Å²) in [6, 6.07) is 0.